The zero-order valence-electron chi connectivity index (χ0n) is 12.3. The highest BCUT2D eigenvalue weighted by Gasteiger charge is 2.40. The summed E-state index contributed by atoms with van der Waals surface area (Å²) in [6.07, 6.45) is -4.61. The van der Waals surface area contributed by atoms with Gasteiger partial charge in [0.25, 0.3) is 0 Å². The molecule has 1 aliphatic heterocycles. The number of rotatable bonds is 1. The van der Waals surface area contributed by atoms with E-state index in [1.165, 1.54) is 6.07 Å². The van der Waals surface area contributed by atoms with Crippen LogP contribution in [0.1, 0.15) is 31.9 Å². The molecule has 0 bridgehead atoms. The Bertz CT molecular complexity index is 696. The summed E-state index contributed by atoms with van der Waals surface area (Å²) < 4.78 is 66.9. The van der Waals surface area contributed by atoms with Gasteiger partial charge in [0.2, 0.25) is 0 Å². The van der Waals surface area contributed by atoms with E-state index in [1.54, 1.807) is 20.8 Å². The van der Waals surface area contributed by atoms with Crippen LogP contribution < -0.4 is 9.03 Å². The van der Waals surface area contributed by atoms with Gasteiger partial charge in [0.1, 0.15) is 0 Å². The average Bonchev–Trinajstić information content (AvgIpc) is 2.64. The molecule has 1 N–H and O–H groups in total. The maximum atomic E-state index is 13.3. The van der Waals surface area contributed by atoms with E-state index in [0.29, 0.717) is 0 Å². The lowest BCUT2D eigenvalue weighted by Crippen LogP contribution is -2.30. The molecule has 4 nitrogen and oxygen atoms in total. The smallest absolute Gasteiger partial charge is 0.256 e. The molecule has 1 saturated heterocycles. The topological polar surface area (TPSA) is 49.4 Å². The number of hydrogen-bond acceptors (Lipinski definition) is 2. The molecule has 0 amide bonds. The number of hydrogen-bond donors (Lipinski definition) is 1. The minimum absolute atomic E-state index is 0.0374. The highest BCUT2D eigenvalue weighted by atomic mass is 35.5. The Balaban J connectivity index is 2.69. The van der Waals surface area contributed by atoms with Gasteiger partial charge >= 0.3 is 16.4 Å². The van der Waals surface area contributed by atoms with E-state index in [1.807, 2.05) is 0 Å². The summed E-state index contributed by atoms with van der Waals surface area (Å²) in [5.41, 5.74) is -1.67. The van der Waals surface area contributed by atoms with Crippen LogP contribution in [0.25, 0.3) is 0 Å². The third-order valence-corrected chi connectivity index (χ3v) is 5.18. The fraction of sp³-hybridized carbons (Fsp3) is 0.538. The molecule has 1 heterocycles. The molecule has 0 aromatic heterocycles. The normalized spacial score (nSPS) is 18.8. The first-order chi connectivity index (χ1) is 9.84. The van der Waals surface area contributed by atoms with Crippen molar-refractivity contribution in [3.05, 3.63) is 28.3 Å². The van der Waals surface area contributed by atoms with Crippen molar-refractivity contribution in [3.8, 4) is 0 Å². The zero-order valence-corrected chi connectivity index (χ0v) is 13.8. The second-order valence-electron chi connectivity index (χ2n) is 6.07. The van der Waals surface area contributed by atoms with Gasteiger partial charge in [-0.05, 0) is 23.1 Å². The molecule has 0 saturated carbocycles. The third kappa shape index (κ3) is 3.18. The minimum Gasteiger partial charge on any atom is -0.256 e. The largest absolute Gasteiger partial charge is 0.418 e. The van der Waals surface area contributed by atoms with Gasteiger partial charge in [-0.3, -0.25) is 4.31 Å². The summed E-state index contributed by atoms with van der Waals surface area (Å²) in [5.74, 6) is 0. The van der Waals surface area contributed by atoms with Crippen LogP contribution in [0.2, 0.25) is 5.02 Å². The van der Waals surface area contributed by atoms with Crippen molar-refractivity contribution in [1.29, 1.82) is 0 Å². The monoisotopic (exact) mass is 356 g/mol. The Hall–Kier alpha value is -0.990. The number of anilines is 1. The van der Waals surface area contributed by atoms with Gasteiger partial charge in [-0.15, -0.1) is 0 Å². The standard InChI is InChI=1S/C13H16ClF3N2O2S/c1-12(2,3)9-6-8(19-5-4-18-22(19,20)21)7-10(14)11(9)13(15,16)17/h6-7,18H,4-5H2,1-3H3. The Labute approximate surface area is 132 Å². The molecule has 1 aromatic carbocycles. The number of benzene rings is 1. The molecular weight excluding hydrogens is 341 g/mol. The highest BCUT2D eigenvalue weighted by Crippen LogP contribution is 2.44. The molecule has 0 unspecified atom stereocenters. The maximum absolute atomic E-state index is 13.3. The second kappa shape index (κ2) is 5.28. The van der Waals surface area contributed by atoms with Gasteiger partial charge in [0, 0.05) is 13.1 Å². The number of alkyl halides is 3. The van der Waals surface area contributed by atoms with Crippen LogP contribution in [0.5, 0.6) is 0 Å². The van der Waals surface area contributed by atoms with E-state index in [-0.39, 0.29) is 24.3 Å². The van der Waals surface area contributed by atoms with E-state index in [2.05, 4.69) is 4.72 Å². The van der Waals surface area contributed by atoms with Crippen molar-refractivity contribution in [2.24, 2.45) is 0 Å². The van der Waals surface area contributed by atoms with Crippen molar-refractivity contribution in [2.45, 2.75) is 32.4 Å². The van der Waals surface area contributed by atoms with E-state index < -0.39 is 32.4 Å². The molecule has 1 aliphatic rings. The van der Waals surface area contributed by atoms with Crippen LogP contribution in [-0.4, -0.2) is 21.5 Å². The van der Waals surface area contributed by atoms with Crippen LogP contribution in [0.3, 0.4) is 0 Å². The molecule has 1 aromatic rings. The van der Waals surface area contributed by atoms with E-state index in [9.17, 15) is 21.6 Å². The van der Waals surface area contributed by atoms with Crippen molar-refractivity contribution in [3.63, 3.8) is 0 Å². The van der Waals surface area contributed by atoms with Crippen molar-refractivity contribution >= 4 is 27.5 Å². The number of halogens is 4. The summed E-state index contributed by atoms with van der Waals surface area (Å²) in [7, 11) is -3.72. The molecule has 22 heavy (non-hydrogen) atoms. The van der Waals surface area contributed by atoms with Crippen LogP contribution in [0.4, 0.5) is 18.9 Å². The lowest BCUT2D eigenvalue weighted by atomic mass is 9.83. The van der Waals surface area contributed by atoms with Crippen molar-refractivity contribution in [2.75, 3.05) is 17.4 Å². The van der Waals surface area contributed by atoms with Crippen molar-refractivity contribution < 1.29 is 21.6 Å². The minimum atomic E-state index is -4.61. The maximum Gasteiger partial charge on any atom is 0.418 e. The molecule has 0 aliphatic carbocycles. The van der Waals surface area contributed by atoms with Crippen LogP contribution in [0, 0.1) is 0 Å². The quantitative estimate of drug-likeness (QED) is 0.839. The summed E-state index contributed by atoms with van der Waals surface area (Å²) in [4.78, 5) is 0. The fourth-order valence-electron chi connectivity index (χ4n) is 2.36. The molecule has 0 atom stereocenters. The zero-order chi connectivity index (χ0) is 16.9. The lowest BCUT2D eigenvalue weighted by molar-refractivity contribution is -0.138. The molecule has 2 rings (SSSR count). The predicted molar refractivity (Wildman–Crippen MR) is 79.4 cm³/mol. The molecule has 1 fully saturated rings. The van der Waals surface area contributed by atoms with Crippen LogP contribution >= 0.6 is 11.6 Å². The Morgan fingerprint density at radius 2 is 1.82 bits per heavy atom. The van der Waals surface area contributed by atoms with Crippen LogP contribution in [0.15, 0.2) is 12.1 Å². The lowest BCUT2D eigenvalue weighted by Gasteiger charge is -2.27. The summed E-state index contributed by atoms with van der Waals surface area (Å²) in [5, 5.41) is -0.503. The third-order valence-electron chi connectivity index (χ3n) is 3.34. The van der Waals surface area contributed by atoms with E-state index in [0.717, 1.165) is 10.4 Å². The average molecular weight is 357 g/mol. The number of nitrogens with zero attached hydrogens (tertiary/aromatic N) is 1. The Morgan fingerprint density at radius 3 is 2.23 bits per heavy atom. The van der Waals surface area contributed by atoms with Crippen LogP contribution in [-0.2, 0) is 21.8 Å². The summed E-state index contributed by atoms with van der Waals surface area (Å²) in [6, 6.07) is 2.30. The molecule has 124 valence electrons. The summed E-state index contributed by atoms with van der Waals surface area (Å²) >= 11 is 5.83. The molecule has 0 spiro atoms. The summed E-state index contributed by atoms with van der Waals surface area (Å²) in [6.45, 7) is 5.21. The predicted octanol–water partition coefficient (Wildman–Crippen LogP) is 3.31. The SMILES string of the molecule is CC(C)(C)c1cc(N2CCNS2(=O)=O)cc(Cl)c1C(F)(F)F. The molecule has 9 heteroatoms. The van der Waals surface area contributed by atoms with Gasteiger partial charge in [0.15, 0.2) is 0 Å². The van der Waals surface area contributed by atoms with Gasteiger partial charge in [0.05, 0.1) is 16.3 Å². The van der Waals surface area contributed by atoms with Gasteiger partial charge in [-0.2, -0.15) is 26.3 Å². The van der Waals surface area contributed by atoms with E-state index >= 15 is 0 Å². The first kappa shape index (κ1) is 17.4. The molecular formula is C13H16ClF3N2O2S. The van der Waals surface area contributed by atoms with Crippen molar-refractivity contribution in [1.82, 2.24) is 4.72 Å². The first-order valence-corrected chi connectivity index (χ1v) is 8.34. The first-order valence-electron chi connectivity index (χ1n) is 6.52. The van der Waals surface area contributed by atoms with Gasteiger partial charge < -0.3 is 0 Å². The fourth-order valence-corrected chi connectivity index (χ4v) is 3.90. The number of nitrogens with one attached hydrogen (secondary N) is 1. The van der Waals surface area contributed by atoms with Gasteiger partial charge in [-0.1, -0.05) is 32.4 Å². The highest BCUT2D eigenvalue weighted by molar-refractivity contribution is 7.91. The van der Waals surface area contributed by atoms with E-state index in [4.69, 9.17) is 11.6 Å². The Morgan fingerprint density at radius 1 is 1.23 bits per heavy atom. The second-order valence-corrected chi connectivity index (χ2v) is 8.16. The van der Waals surface area contributed by atoms with Gasteiger partial charge in [-0.25, -0.2) is 0 Å². The molecule has 0 radical (unpaired) electrons. The Kier molecular flexibility index (Phi) is 4.17.